The van der Waals surface area contributed by atoms with Crippen molar-refractivity contribution in [1.82, 2.24) is 9.36 Å². The van der Waals surface area contributed by atoms with Crippen LogP contribution in [0, 0.1) is 0 Å². The molecule has 1 heterocycles. The van der Waals surface area contributed by atoms with Gasteiger partial charge in [0.05, 0.1) is 0 Å². The van der Waals surface area contributed by atoms with E-state index < -0.39 is 0 Å². The Balaban J connectivity index is 2.58. The molecule has 1 rings (SSSR count). The third-order valence-electron chi connectivity index (χ3n) is 2.62. The standard InChI is InChI=1S/C12H24N4S/c1-5-6-7-9(8-13)14-11-15-10(16-17-11)12(2,3)4/h9H,5-8,13H2,1-4H3,(H,14,15,16). The summed E-state index contributed by atoms with van der Waals surface area (Å²) in [5, 5.41) is 4.27. The Morgan fingerprint density at radius 3 is 2.59 bits per heavy atom. The summed E-state index contributed by atoms with van der Waals surface area (Å²) in [6, 6.07) is 0.315. The second-order valence-corrected chi connectivity index (χ2v) is 6.14. The summed E-state index contributed by atoms with van der Waals surface area (Å²) < 4.78 is 4.38. The predicted molar refractivity (Wildman–Crippen MR) is 74.6 cm³/mol. The van der Waals surface area contributed by atoms with Gasteiger partial charge in [0, 0.05) is 29.5 Å². The molecule has 1 unspecified atom stereocenters. The van der Waals surface area contributed by atoms with Gasteiger partial charge in [0.15, 0.2) is 0 Å². The first kappa shape index (κ1) is 14.4. The van der Waals surface area contributed by atoms with Gasteiger partial charge in [-0.1, -0.05) is 40.5 Å². The van der Waals surface area contributed by atoms with Crippen molar-refractivity contribution < 1.29 is 0 Å². The molecule has 0 fully saturated rings. The van der Waals surface area contributed by atoms with Crippen molar-refractivity contribution in [3.8, 4) is 0 Å². The van der Waals surface area contributed by atoms with Crippen LogP contribution in [0.5, 0.6) is 0 Å². The van der Waals surface area contributed by atoms with E-state index in [1.54, 1.807) is 0 Å². The van der Waals surface area contributed by atoms with Gasteiger partial charge in [-0.05, 0) is 6.42 Å². The fourth-order valence-corrected chi connectivity index (χ4v) is 2.30. The first-order valence-corrected chi connectivity index (χ1v) is 7.05. The predicted octanol–water partition coefficient (Wildman–Crippen LogP) is 2.77. The normalized spacial score (nSPS) is 13.7. The molecule has 5 heteroatoms. The van der Waals surface area contributed by atoms with Crippen molar-refractivity contribution in [2.75, 3.05) is 11.9 Å². The highest BCUT2D eigenvalue weighted by Crippen LogP contribution is 2.23. The number of unbranched alkanes of at least 4 members (excludes halogenated alkanes) is 1. The van der Waals surface area contributed by atoms with E-state index in [9.17, 15) is 0 Å². The second-order valence-electron chi connectivity index (χ2n) is 5.39. The maximum Gasteiger partial charge on any atom is 0.202 e. The van der Waals surface area contributed by atoms with E-state index in [4.69, 9.17) is 5.73 Å². The second kappa shape index (κ2) is 6.31. The lowest BCUT2D eigenvalue weighted by Crippen LogP contribution is -2.28. The summed E-state index contributed by atoms with van der Waals surface area (Å²) in [4.78, 5) is 4.52. The molecule has 0 amide bonds. The van der Waals surface area contributed by atoms with E-state index >= 15 is 0 Å². The van der Waals surface area contributed by atoms with Crippen molar-refractivity contribution in [3.05, 3.63) is 5.82 Å². The van der Waals surface area contributed by atoms with E-state index in [0.717, 1.165) is 17.4 Å². The molecule has 0 aliphatic carbocycles. The number of aromatic nitrogens is 2. The SMILES string of the molecule is CCCCC(CN)Nc1nc(C(C)(C)C)ns1. The first-order chi connectivity index (χ1) is 7.97. The molecule has 17 heavy (non-hydrogen) atoms. The third kappa shape index (κ3) is 4.60. The highest BCUT2D eigenvalue weighted by atomic mass is 32.1. The molecule has 4 nitrogen and oxygen atoms in total. The fraction of sp³-hybridized carbons (Fsp3) is 0.833. The molecule has 0 aliphatic rings. The van der Waals surface area contributed by atoms with Crippen molar-refractivity contribution in [2.24, 2.45) is 5.73 Å². The van der Waals surface area contributed by atoms with Gasteiger partial charge in [-0.25, -0.2) is 4.98 Å². The Hall–Kier alpha value is -0.680. The summed E-state index contributed by atoms with van der Waals surface area (Å²) in [5.74, 6) is 0.899. The van der Waals surface area contributed by atoms with Gasteiger partial charge in [-0.2, -0.15) is 4.37 Å². The number of nitrogens with zero attached hydrogens (tertiary/aromatic N) is 2. The summed E-state index contributed by atoms with van der Waals surface area (Å²) in [7, 11) is 0. The molecule has 0 saturated carbocycles. The van der Waals surface area contributed by atoms with Crippen molar-refractivity contribution in [3.63, 3.8) is 0 Å². The van der Waals surface area contributed by atoms with Gasteiger partial charge in [-0.15, -0.1) is 0 Å². The lowest BCUT2D eigenvalue weighted by Gasteiger charge is -2.15. The maximum atomic E-state index is 5.75. The maximum absolute atomic E-state index is 5.75. The van der Waals surface area contributed by atoms with E-state index in [0.29, 0.717) is 12.6 Å². The number of nitrogens with two attached hydrogens (primary N) is 1. The number of nitrogens with one attached hydrogen (secondary N) is 1. The molecule has 1 aromatic rings. The topological polar surface area (TPSA) is 63.8 Å². The van der Waals surface area contributed by atoms with E-state index in [1.165, 1.54) is 24.4 Å². The minimum atomic E-state index is 0.0120. The molecule has 0 aromatic carbocycles. The summed E-state index contributed by atoms with van der Waals surface area (Å²) in [6.45, 7) is 9.20. The molecule has 0 bridgehead atoms. The quantitative estimate of drug-likeness (QED) is 0.821. The number of rotatable bonds is 6. The Labute approximate surface area is 108 Å². The lowest BCUT2D eigenvalue weighted by atomic mass is 9.96. The molecule has 3 N–H and O–H groups in total. The van der Waals surface area contributed by atoms with Gasteiger partial charge in [-0.3, -0.25) is 0 Å². The largest absolute Gasteiger partial charge is 0.356 e. The number of hydrogen-bond donors (Lipinski definition) is 2. The minimum Gasteiger partial charge on any atom is -0.356 e. The molecule has 98 valence electrons. The smallest absolute Gasteiger partial charge is 0.202 e. The van der Waals surface area contributed by atoms with Crippen LogP contribution < -0.4 is 11.1 Å². The van der Waals surface area contributed by atoms with Crippen LogP contribution >= 0.6 is 11.5 Å². The Morgan fingerprint density at radius 2 is 2.12 bits per heavy atom. The zero-order valence-electron chi connectivity index (χ0n) is 11.3. The summed E-state index contributed by atoms with van der Waals surface area (Å²) in [6.07, 6.45) is 3.48. The number of anilines is 1. The zero-order valence-corrected chi connectivity index (χ0v) is 12.1. The Morgan fingerprint density at radius 1 is 1.41 bits per heavy atom. The minimum absolute atomic E-state index is 0.0120. The zero-order chi connectivity index (χ0) is 12.9. The van der Waals surface area contributed by atoms with E-state index in [2.05, 4.69) is 42.4 Å². The average Bonchev–Trinajstić information content (AvgIpc) is 2.72. The van der Waals surface area contributed by atoms with Crippen LogP contribution in [0.15, 0.2) is 0 Å². The monoisotopic (exact) mass is 256 g/mol. The van der Waals surface area contributed by atoms with Crippen molar-refractivity contribution >= 4 is 16.7 Å². The summed E-state index contributed by atoms with van der Waals surface area (Å²) in [5.41, 5.74) is 5.76. The molecule has 1 aromatic heterocycles. The van der Waals surface area contributed by atoms with Crippen LogP contribution in [0.3, 0.4) is 0 Å². The average molecular weight is 256 g/mol. The molecular weight excluding hydrogens is 232 g/mol. The fourth-order valence-electron chi connectivity index (χ4n) is 1.46. The van der Waals surface area contributed by atoms with E-state index in [-0.39, 0.29) is 5.41 Å². The van der Waals surface area contributed by atoms with Gasteiger partial charge in [0.1, 0.15) is 5.82 Å². The molecule has 0 spiro atoms. The lowest BCUT2D eigenvalue weighted by molar-refractivity contribution is 0.554. The van der Waals surface area contributed by atoms with E-state index in [1.807, 2.05) is 0 Å². The first-order valence-electron chi connectivity index (χ1n) is 6.28. The Kier molecular flexibility index (Phi) is 5.33. The van der Waals surface area contributed by atoms with Crippen LogP contribution in [0.2, 0.25) is 0 Å². The van der Waals surface area contributed by atoms with Crippen LogP contribution in [0.4, 0.5) is 5.13 Å². The van der Waals surface area contributed by atoms with Crippen LogP contribution in [0.1, 0.15) is 52.8 Å². The van der Waals surface area contributed by atoms with Crippen molar-refractivity contribution in [1.29, 1.82) is 0 Å². The summed E-state index contributed by atoms with van der Waals surface area (Å²) >= 11 is 1.43. The van der Waals surface area contributed by atoms with Gasteiger partial charge in [0.25, 0.3) is 0 Å². The van der Waals surface area contributed by atoms with Gasteiger partial charge >= 0.3 is 0 Å². The molecular formula is C12H24N4S. The van der Waals surface area contributed by atoms with Crippen LogP contribution in [-0.4, -0.2) is 21.9 Å². The molecule has 0 aliphatic heterocycles. The Bertz CT molecular complexity index is 329. The highest BCUT2D eigenvalue weighted by molar-refractivity contribution is 7.09. The van der Waals surface area contributed by atoms with Crippen molar-refractivity contribution in [2.45, 2.75) is 58.4 Å². The van der Waals surface area contributed by atoms with Gasteiger partial charge in [0.2, 0.25) is 5.13 Å². The number of hydrogen-bond acceptors (Lipinski definition) is 5. The third-order valence-corrected chi connectivity index (χ3v) is 3.26. The van der Waals surface area contributed by atoms with Gasteiger partial charge < -0.3 is 11.1 Å². The molecule has 0 radical (unpaired) electrons. The molecule has 0 saturated heterocycles. The molecule has 1 atom stereocenters. The van der Waals surface area contributed by atoms with Crippen LogP contribution in [-0.2, 0) is 5.41 Å². The van der Waals surface area contributed by atoms with Crippen LogP contribution in [0.25, 0.3) is 0 Å². The highest BCUT2D eigenvalue weighted by Gasteiger charge is 2.20.